The fourth-order valence-corrected chi connectivity index (χ4v) is 3.02. The van der Waals surface area contributed by atoms with E-state index < -0.39 is 9.28 Å². The molecule has 0 aromatic heterocycles. The van der Waals surface area contributed by atoms with E-state index in [0.717, 1.165) is 19.3 Å². The molecule has 0 aliphatic rings. The van der Waals surface area contributed by atoms with Crippen molar-refractivity contribution in [3.8, 4) is 0 Å². The van der Waals surface area contributed by atoms with Gasteiger partial charge in [0.25, 0.3) is 0 Å². The standard InChI is InChI=1S/C13H29O2Si/c1-4-7-10-13-16(14-11-8-5-2)15-12-9-6-3/h4-13H2,1-3H3. The number of rotatable bonds is 12. The van der Waals surface area contributed by atoms with Crippen LogP contribution in [-0.4, -0.2) is 22.5 Å². The van der Waals surface area contributed by atoms with Gasteiger partial charge in [-0.2, -0.15) is 0 Å². The van der Waals surface area contributed by atoms with Crippen LogP contribution in [0.5, 0.6) is 0 Å². The zero-order chi connectivity index (χ0) is 12.1. The molecule has 0 saturated heterocycles. The van der Waals surface area contributed by atoms with Crippen molar-refractivity contribution in [2.75, 3.05) is 13.2 Å². The van der Waals surface area contributed by atoms with Gasteiger partial charge in [0.2, 0.25) is 0 Å². The van der Waals surface area contributed by atoms with Gasteiger partial charge in [-0.15, -0.1) is 0 Å². The van der Waals surface area contributed by atoms with E-state index in [0.29, 0.717) is 0 Å². The van der Waals surface area contributed by atoms with Crippen molar-refractivity contribution in [1.29, 1.82) is 0 Å². The molecule has 3 heteroatoms. The van der Waals surface area contributed by atoms with Gasteiger partial charge in [0.05, 0.1) is 0 Å². The van der Waals surface area contributed by atoms with E-state index in [-0.39, 0.29) is 0 Å². The molecule has 0 N–H and O–H groups in total. The van der Waals surface area contributed by atoms with E-state index in [4.69, 9.17) is 8.85 Å². The summed E-state index contributed by atoms with van der Waals surface area (Å²) in [6.07, 6.45) is 8.60. The van der Waals surface area contributed by atoms with Crippen LogP contribution in [0.15, 0.2) is 0 Å². The molecule has 2 nitrogen and oxygen atoms in total. The Morgan fingerprint density at radius 3 is 1.62 bits per heavy atom. The maximum atomic E-state index is 5.86. The Hall–Kier alpha value is 0.137. The minimum Gasteiger partial charge on any atom is -0.393 e. The summed E-state index contributed by atoms with van der Waals surface area (Å²) >= 11 is 0. The topological polar surface area (TPSA) is 18.5 Å². The summed E-state index contributed by atoms with van der Waals surface area (Å²) in [5.41, 5.74) is 0. The average molecular weight is 245 g/mol. The summed E-state index contributed by atoms with van der Waals surface area (Å²) in [7, 11) is -0.962. The van der Waals surface area contributed by atoms with Gasteiger partial charge >= 0.3 is 9.28 Å². The SMILES string of the molecule is CCCCC[Si](OCCCC)OCCCC. The number of hydrogen-bond acceptors (Lipinski definition) is 2. The number of hydrogen-bond donors (Lipinski definition) is 0. The van der Waals surface area contributed by atoms with Crippen LogP contribution in [0.1, 0.15) is 65.7 Å². The van der Waals surface area contributed by atoms with Gasteiger partial charge in [0.1, 0.15) is 0 Å². The Kier molecular flexibility index (Phi) is 13.3. The fourth-order valence-electron chi connectivity index (χ4n) is 1.37. The molecule has 0 aromatic rings. The van der Waals surface area contributed by atoms with E-state index >= 15 is 0 Å². The molecule has 0 fully saturated rings. The second-order valence-electron chi connectivity index (χ2n) is 4.23. The second-order valence-corrected chi connectivity index (χ2v) is 6.05. The molecule has 0 atom stereocenters. The predicted molar refractivity (Wildman–Crippen MR) is 71.8 cm³/mol. The molecule has 0 unspecified atom stereocenters. The van der Waals surface area contributed by atoms with E-state index in [1.807, 2.05) is 0 Å². The minimum atomic E-state index is -0.962. The zero-order valence-electron chi connectivity index (χ0n) is 11.4. The quantitative estimate of drug-likeness (QED) is 0.377. The van der Waals surface area contributed by atoms with Gasteiger partial charge < -0.3 is 8.85 Å². The minimum absolute atomic E-state index is 0.892. The van der Waals surface area contributed by atoms with Crippen LogP contribution < -0.4 is 0 Å². The van der Waals surface area contributed by atoms with Crippen LogP contribution in [-0.2, 0) is 8.85 Å². The lowest BCUT2D eigenvalue weighted by molar-refractivity contribution is 0.190. The molecule has 0 aromatic carbocycles. The molecule has 0 saturated carbocycles. The van der Waals surface area contributed by atoms with E-state index in [2.05, 4.69) is 20.8 Å². The summed E-state index contributed by atoms with van der Waals surface area (Å²) in [6, 6.07) is 1.16. The molecule has 0 aliphatic heterocycles. The first-order valence-corrected chi connectivity index (χ1v) is 8.48. The molecule has 0 bridgehead atoms. The fraction of sp³-hybridized carbons (Fsp3) is 1.00. The Morgan fingerprint density at radius 1 is 0.688 bits per heavy atom. The van der Waals surface area contributed by atoms with Crippen LogP contribution in [0, 0.1) is 0 Å². The molecule has 0 rings (SSSR count). The highest BCUT2D eigenvalue weighted by Crippen LogP contribution is 2.08. The first kappa shape index (κ1) is 16.1. The van der Waals surface area contributed by atoms with Crippen molar-refractivity contribution in [1.82, 2.24) is 0 Å². The largest absolute Gasteiger partial charge is 0.393 e. The highest BCUT2D eigenvalue weighted by Gasteiger charge is 2.14. The van der Waals surface area contributed by atoms with Crippen molar-refractivity contribution in [2.24, 2.45) is 0 Å². The molecule has 16 heavy (non-hydrogen) atoms. The predicted octanol–water partition coefficient (Wildman–Crippen LogP) is 4.30. The average Bonchev–Trinajstić information content (AvgIpc) is 2.29. The summed E-state index contributed by atoms with van der Waals surface area (Å²) in [6.45, 7) is 8.42. The highest BCUT2D eigenvalue weighted by molar-refractivity contribution is 6.44. The molecular weight excluding hydrogens is 216 g/mol. The molecule has 0 heterocycles. The molecular formula is C13H29O2Si. The molecule has 1 radical (unpaired) electrons. The first-order valence-electron chi connectivity index (χ1n) is 6.96. The van der Waals surface area contributed by atoms with Crippen molar-refractivity contribution in [2.45, 2.75) is 71.8 Å². The lowest BCUT2D eigenvalue weighted by Gasteiger charge is -2.14. The summed E-state index contributed by atoms with van der Waals surface area (Å²) in [4.78, 5) is 0. The molecule has 97 valence electrons. The third-order valence-corrected chi connectivity index (χ3v) is 4.32. The van der Waals surface area contributed by atoms with Crippen LogP contribution in [0.2, 0.25) is 6.04 Å². The Morgan fingerprint density at radius 2 is 1.19 bits per heavy atom. The monoisotopic (exact) mass is 245 g/mol. The van der Waals surface area contributed by atoms with Crippen molar-refractivity contribution < 1.29 is 8.85 Å². The van der Waals surface area contributed by atoms with Gasteiger partial charge in [0, 0.05) is 13.2 Å². The van der Waals surface area contributed by atoms with Gasteiger partial charge in [-0.1, -0.05) is 52.9 Å². The van der Waals surface area contributed by atoms with Crippen molar-refractivity contribution >= 4 is 9.28 Å². The summed E-state index contributed by atoms with van der Waals surface area (Å²) < 4.78 is 11.7. The molecule has 0 amide bonds. The Bertz CT molecular complexity index is 107. The maximum Gasteiger partial charge on any atom is 0.384 e. The van der Waals surface area contributed by atoms with Gasteiger partial charge in [0.15, 0.2) is 0 Å². The van der Waals surface area contributed by atoms with E-state index in [9.17, 15) is 0 Å². The molecule has 0 spiro atoms. The third-order valence-electron chi connectivity index (χ3n) is 2.51. The lowest BCUT2D eigenvalue weighted by atomic mass is 10.3. The Balaban J connectivity index is 3.58. The highest BCUT2D eigenvalue weighted by atomic mass is 28.3. The molecule has 0 aliphatic carbocycles. The zero-order valence-corrected chi connectivity index (χ0v) is 12.4. The maximum absolute atomic E-state index is 5.86. The first-order chi connectivity index (χ1) is 7.85. The Labute approximate surface area is 104 Å². The lowest BCUT2D eigenvalue weighted by Crippen LogP contribution is -2.24. The van der Waals surface area contributed by atoms with E-state index in [1.54, 1.807) is 0 Å². The third kappa shape index (κ3) is 10.6. The van der Waals surface area contributed by atoms with Crippen LogP contribution >= 0.6 is 0 Å². The van der Waals surface area contributed by atoms with Gasteiger partial charge in [-0.3, -0.25) is 0 Å². The van der Waals surface area contributed by atoms with Gasteiger partial charge in [-0.25, -0.2) is 0 Å². The van der Waals surface area contributed by atoms with Crippen LogP contribution in [0.25, 0.3) is 0 Å². The van der Waals surface area contributed by atoms with Crippen molar-refractivity contribution in [3.05, 3.63) is 0 Å². The van der Waals surface area contributed by atoms with Crippen LogP contribution in [0.4, 0.5) is 0 Å². The van der Waals surface area contributed by atoms with Crippen LogP contribution in [0.3, 0.4) is 0 Å². The van der Waals surface area contributed by atoms with Crippen molar-refractivity contribution in [3.63, 3.8) is 0 Å². The van der Waals surface area contributed by atoms with Gasteiger partial charge in [-0.05, 0) is 18.9 Å². The summed E-state index contributed by atoms with van der Waals surface area (Å²) in [5.74, 6) is 0. The smallest absolute Gasteiger partial charge is 0.384 e. The van der Waals surface area contributed by atoms with E-state index in [1.165, 1.54) is 44.9 Å². The summed E-state index contributed by atoms with van der Waals surface area (Å²) in [5, 5.41) is 0. The normalized spacial score (nSPS) is 11.2. The number of unbranched alkanes of at least 4 members (excludes halogenated alkanes) is 4. The second kappa shape index (κ2) is 13.2.